The molecule has 0 aliphatic rings. The normalized spacial score (nSPS) is 11.9. The van der Waals surface area contributed by atoms with Gasteiger partial charge in [-0.25, -0.2) is 4.79 Å². The molecular formula is C41H70O4. The van der Waals surface area contributed by atoms with Crippen molar-refractivity contribution in [3.8, 4) is 0 Å². The third kappa shape index (κ3) is 34.4. The molecule has 0 heterocycles. The highest BCUT2D eigenvalue weighted by atomic mass is 16.5. The molecule has 0 spiro atoms. The fraction of sp³-hybridized carbons (Fsp3) is 0.707. The summed E-state index contributed by atoms with van der Waals surface area (Å²) in [4.78, 5) is 24.2. The van der Waals surface area contributed by atoms with Crippen LogP contribution in [-0.4, -0.2) is 25.2 Å². The van der Waals surface area contributed by atoms with Gasteiger partial charge in [-0.15, -0.1) is 0 Å². The lowest BCUT2D eigenvalue weighted by Gasteiger charge is -2.08. The molecule has 0 N–H and O–H groups in total. The third-order valence-electron chi connectivity index (χ3n) is 7.83. The Kier molecular flexibility index (Phi) is 34.2. The van der Waals surface area contributed by atoms with Crippen molar-refractivity contribution in [2.75, 3.05) is 13.2 Å². The van der Waals surface area contributed by atoms with Crippen LogP contribution in [0.3, 0.4) is 0 Å². The fourth-order valence-corrected chi connectivity index (χ4v) is 4.93. The van der Waals surface area contributed by atoms with Gasteiger partial charge < -0.3 is 9.47 Å². The molecule has 0 radical (unpaired) electrons. The summed E-state index contributed by atoms with van der Waals surface area (Å²) in [5, 5.41) is 0. The van der Waals surface area contributed by atoms with E-state index in [1.54, 1.807) is 0 Å². The summed E-state index contributed by atoms with van der Waals surface area (Å²) in [6, 6.07) is 0. The molecule has 0 aliphatic carbocycles. The summed E-state index contributed by atoms with van der Waals surface area (Å²) in [5.41, 5.74) is 0.178. The van der Waals surface area contributed by atoms with Gasteiger partial charge in [0.1, 0.15) is 0 Å². The number of carbonyl (C=O) groups excluding carboxylic acids is 2. The van der Waals surface area contributed by atoms with Crippen molar-refractivity contribution in [3.05, 3.63) is 60.8 Å². The largest absolute Gasteiger partial charge is 0.465 e. The molecule has 0 atom stereocenters. The number of rotatable bonds is 33. The third-order valence-corrected chi connectivity index (χ3v) is 7.83. The minimum absolute atomic E-state index is 0.0926. The standard InChI is InChI=1S/C41H70O4/c1-4-6-8-10-12-14-16-18-20-22-24-26-28-30-32-34-36-44-40(42)38-39(3)41(43)45-37-35-33-31-29-27-25-23-21-19-17-15-13-11-9-7-5-2/h12-15,18-21H,3-11,16-17,22-38H2,1-2H3/b14-12-,15-13-,20-18-,21-19-. The number of ether oxygens (including phenoxy) is 2. The summed E-state index contributed by atoms with van der Waals surface area (Å²) in [6.07, 6.45) is 46.5. The molecule has 0 aromatic carbocycles. The SMILES string of the molecule is C=C(CC(=O)OCCCCCCCC/C=C\C/C=C\CCCCC)C(=O)OCCCCCCCC/C=C\C/C=C\CCCCC. The van der Waals surface area contributed by atoms with E-state index in [-0.39, 0.29) is 12.0 Å². The average molecular weight is 627 g/mol. The van der Waals surface area contributed by atoms with Gasteiger partial charge in [0.2, 0.25) is 0 Å². The average Bonchev–Trinajstić information content (AvgIpc) is 3.03. The van der Waals surface area contributed by atoms with E-state index in [1.807, 2.05) is 0 Å². The first kappa shape index (κ1) is 42.6. The second-order valence-corrected chi connectivity index (χ2v) is 12.3. The van der Waals surface area contributed by atoms with Crippen molar-refractivity contribution in [2.24, 2.45) is 0 Å². The summed E-state index contributed by atoms with van der Waals surface area (Å²) >= 11 is 0. The van der Waals surface area contributed by atoms with Crippen LogP contribution in [0.2, 0.25) is 0 Å². The summed E-state index contributed by atoms with van der Waals surface area (Å²) < 4.78 is 10.6. The van der Waals surface area contributed by atoms with Crippen LogP contribution in [0.1, 0.15) is 174 Å². The van der Waals surface area contributed by atoms with E-state index in [0.29, 0.717) is 13.2 Å². The van der Waals surface area contributed by atoms with Gasteiger partial charge in [0.25, 0.3) is 0 Å². The van der Waals surface area contributed by atoms with Crippen LogP contribution in [0.15, 0.2) is 60.8 Å². The fourth-order valence-electron chi connectivity index (χ4n) is 4.93. The monoisotopic (exact) mass is 627 g/mol. The van der Waals surface area contributed by atoms with E-state index in [0.717, 1.165) is 64.2 Å². The number of allylic oxidation sites excluding steroid dienone is 8. The van der Waals surface area contributed by atoms with Crippen LogP contribution in [0.4, 0.5) is 0 Å². The molecule has 0 aromatic rings. The van der Waals surface area contributed by atoms with Gasteiger partial charge in [0.15, 0.2) is 0 Å². The summed E-state index contributed by atoms with van der Waals surface area (Å²) in [7, 11) is 0. The van der Waals surface area contributed by atoms with Crippen LogP contribution in [0.25, 0.3) is 0 Å². The quantitative estimate of drug-likeness (QED) is 0.0315. The van der Waals surface area contributed by atoms with Gasteiger partial charge in [-0.05, 0) is 77.0 Å². The predicted octanol–water partition coefficient (Wildman–Crippen LogP) is 12.6. The molecule has 258 valence electrons. The van der Waals surface area contributed by atoms with Crippen LogP contribution >= 0.6 is 0 Å². The van der Waals surface area contributed by atoms with Gasteiger partial charge in [0, 0.05) is 5.57 Å². The molecule has 0 saturated heterocycles. The molecule has 0 rings (SSSR count). The van der Waals surface area contributed by atoms with Gasteiger partial charge in [-0.2, -0.15) is 0 Å². The Morgan fingerprint density at radius 2 is 0.822 bits per heavy atom. The molecule has 0 bridgehead atoms. The zero-order chi connectivity index (χ0) is 32.9. The molecule has 0 amide bonds. The highest BCUT2D eigenvalue weighted by Crippen LogP contribution is 2.11. The predicted molar refractivity (Wildman–Crippen MR) is 194 cm³/mol. The maximum Gasteiger partial charge on any atom is 0.333 e. The van der Waals surface area contributed by atoms with Crippen LogP contribution < -0.4 is 0 Å². The molecule has 0 fully saturated rings. The van der Waals surface area contributed by atoms with E-state index < -0.39 is 11.9 Å². The Labute approximate surface area is 278 Å². The van der Waals surface area contributed by atoms with E-state index in [2.05, 4.69) is 69.0 Å². The van der Waals surface area contributed by atoms with E-state index >= 15 is 0 Å². The van der Waals surface area contributed by atoms with Crippen molar-refractivity contribution in [1.82, 2.24) is 0 Å². The highest BCUT2D eigenvalue weighted by Gasteiger charge is 2.14. The molecule has 4 heteroatoms. The molecule has 45 heavy (non-hydrogen) atoms. The minimum Gasteiger partial charge on any atom is -0.465 e. The highest BCUT2D eigenvalue weighted by molar-refractivity contribution is 5.93. The Morgan fingerprint density at radius 3 is 1.24 bits per heavy atom. The summed E-state index contributed by atoms with van der Waals surface area (Å²) in [5.74, 6) is -0.878. The molecule has 0 unspecified atom stereocenters. The first-order chi connectivity index (χ1) is 22.1. The molecule has 0 aromatic heterocycles. The Bertz CT molecular complexity index is 804. The van der Waals surface area contributed by atoms with Gasteiger partial charge >= 0.3 is 11.9 Å². The molecule has 0 aliphatic heterocycles. The lowest BCUT2D eigenvalue weighted by molar-refractivity contribution is -0.146. The van der Waals surface area contributed by atoms with Crippen LogP contribution in [0, 0.1) is 0 Å². The number of hydrogen-bond acceptors (Lipinski definition) is 4. The van der Waals surface area contributed by atoms with Crippen LogP contribution in [0.5, 0.6) is 0 Å². The second-order valence-electron chi connectivity index (χ2n) is 12.3. The zero-order valence-electron chi connectivity index (χ0n) is 29.6. The van der Waals surface area contributed by atoms with Crippen LogP contribution in [-0.2, 0) is 19.1 Å². The maximum absolute atomic E-state index is 12.1. The number of hydrogen-bond donors (Lipinski definition) is 0. The first-order valence-electron chi connectivity index (χ1n) is 18.7. The van der Waals surface area contributed by atoms with Crippen molar-refractivity contribution in [3.63, 3.8) is 0 Å². The van der Waals surface area contributed by atoms with E-state index in [9.17, 15) is 9.59 Å². The van der Waals surface area contributed by atoms with Gasteiger partial charge in [0.05, 0.1) is 19.6 Å². The molecular weight excluding hydrogens is 556 g/mol. The molecule has 4 nitrogen and oxygen atoms in total. The lowest BCUT2D eigenvalue weighted by Crippen LogP contribution is -2.14. The zero-order valence-corrected chi connectivity index (χ0v) is 29.6. The van der Waals surface area contributed by atoms with Crippen molar-refractivity contribution >= 4 is 11.9 Å². The maximum atomic E-state index is 12.1. The van der Waals surface area contributed by atoms with Gasteiger partial charge in [-0.3, -0.25) is 4.79 Å². The van der Waals surface area contributed by atoms with Crippen molar-refractivity contribution in [2.45, 2.75) is 174 Å². The Hall–Kier alpha value is -2.36. The second kappa shape index (κ2) is 36.1. The minimum atomic E-state index is -0.483. The number of esters is 2. The number of carbonyl (C=O) groups is 2. The topological polar surface area (TPSA) is 52.6 Å². The van der Waals surface area contributed by atoms with E-state index in [4.69, 9.17) is 9.47 Å². The Balaban J connectivity index is 3.51. The van der Waals surface area contributed by atoms with E-state index in [1.165, 1.54) is 89.9 Å². The number of unbranched alkanes of at least 4 members (excludes halogenated alkanes) is 18. The lowest BCUT2D eigenvalue weighted by atomic mass is 10.1. The Morgan fingerprint density at radius 1 is 0.467 bits per heavy atom. The first-order valence-corrected chi connectivity index (χ1v) is 18.7. The van der Waals surface area contributed by atoms with Crippen molar-refractivity contribution in [1.29, 1.82) is 0 Å². The van der Waals surface area contributed by atoms with Crippen molar-refractivity contribution < 1.29 is 19.1 Å². The molecule has 0 saturated carbocycles. The van der Waals surface area contributed by atoms with Gasteiger partial charge in [-0.1, -0.05) is 146 Å². The smallest absolute Gasteiger partial charge is 0.333 e. The summed E-state index contributed by atoms with van der Waals surface area (Å²) in [6.45, 7) is 9.00.